The summed E-state index contributed by atoms with van der Waals surface area (Å²) in [6.45, 7) is 1.71. The van der Waals surface area contributed by atoms with Gasteiger partial charge in [-0.1, -0.05) is 12.1 Å². The zero-order chi connectivity index (χ0) is 9.84. The minimum absolute atomic E-state index is 0.173. The van der Waals surface area contributed by atoms with E-state index in [1.54, 1.807) is 19.1 Å². The molecule has 3 nitrogen and oxygen atoms in total. The molecule has 2 N–H and O–H groups in total. The number of allylic oxidation sites excluding steroid dienone is 1. The van der Waals surface area contributed by atoms with E-state index < -0.39 is 5.97 Å². The van der Waals surface area contributed by atoms with Gasteiger partial charge >= 0.3 is 5.97 Å². The maximum Gasteiger partial charge on any atom is 0.328 e. The molecule has 0 heterocycles. The molecule has 0 spiro atoms. The molecule has 0 aromatic heterocycles. The number of carbonyl (C=O) groups is 1. The number of carboxylic acids is 1. The van der Waals surface area contributed by atoms with E-state index in [1.807, 2.05) is 0 Å². The van der Waals surface area contributed by atoms with Gasteiger partial charge in [0.25, 0.3) is 0 Å². The van der Waals surface area contributed by atoms with Gasteiger partial charge in [-0.2, -0.15) is 0 Å². The number of phenols is 1. The predicted octanol–water partition coefficient (Wildman–Crippen LogP) is 1.88. The molecule has 3 heteroatoms. The Bertz CT molecular complexity index is 336. The summed E-state index contributed by atoms with van der Waals surface area (Å²) in [6, 6.07) is 6.39. The summed E-state index contributed by atoms with van der Waals surface area (Å²) in [5.41, 5.74) is 1.45. The Morgan fingerprint density at radius 1 is 1.31 bits per heavy atom. The van der Waals surface area contributed by atoms with Gasteiger partial charge in [0.2, 0.25) is 0 Å². The first-order chi connectivity index (χ1) is 6.09. The molecule has 0 aliphatic carbocycles. The maximum absolute atomic E-state index is 10.3. The van der Waals surface area contributed by atoms with Crippen LogP contribution in [0.4, 0.5) is 0 Å². The molecule has 1 rings (SSSR count). The third-order valence-electron chi connectivity index (χ3n) is 1.66. The van der Waals surface area contributed by atoms with Gasteiger partial charge in [-0.05, 0) is 30.2 Å². The fraction of sp³-hybridized carbons (Fsp3) is 0.100. The number of rotatable bonds is 2. The number of aliphatic carboxylic acids is 1. The van der Waals surface area contributed by atoms with Crippen LogP contribution in [0.15, 0.2) is 30.3 Å². The summed E-state index contributed by atoms with van der Waals surface area (Å²) in [5.74, 6) is -0.794. The van der Waals surface area contributed by atoms with E-state index in [0.29, 0.717) is 5.57 Å². The maximum atomic E-state index is 10.3. The molecule has 0 unspecified atom stereocenters. The first-order valence-corrected chi connectivity index (χ1v) is 3.80. The van der Waals surface area contributed by atoms with Crippen molar-refractivity contribution in [3.05, 3.63) is 35.9 Å². The largest absolute Gasteiger partial charge is 0.508 e. The van der Waals surface area contributed by atoms with Gasteiger partial charge in [0.05, 0.1) is 0 Å². The number of phenolic OH excluding ortho intramolecular Hbond substituents is 1. The molecule has 0 atom stereocenters. The van der Waals surface area contributed by atoms with E-state index in [4.69, 9.17) is 10.2 Å². The van der Waals surface area contributed by atoms with Crippen molar-refractivity contribution in [2.24, 2.45) is 0 Å². The van der Waals surface area contributed by atoms with Gasteiger partial charge in [0.1, 0.15) is 5.75 Å². The van der Waals surface area contributed by atoms with E-state index in [1.165, 1.54) is 12.1 Å². The topological polar surface area (TPSA) is 57.5 Å². The molecule has 13 heavy (non-hydrogen) atoms. The Balaban J connectivity index is 2.96. The molecule has 1 aromatic carbocycles. The molecule has 0 aliphatic heterocycles. The normalized spacial score (nSPS) is 11.3. The first-order valence-electron chi connectivity index (χ1n) is 3.80. The van der Waals surface area contributed by atoms with E-state index in [-0.39, 0.29) is 5.75 Å². The van der Waals surface area contributed by atoms with E-state index >= 15 is 0 Å². The van der Waals surface area contributed by atoms with Crippen LogP contribution in [-0.2, 0) is 4.79 Å². The van der Waals surface area contributed by atoms with Crippen LogP contribution in [0, 0.1) is 0 Å². The van der Waals surface area contributed by atoms with Crippen LogP contribution < -0.4 is 0 Å². The summed E-state index contributed by atoms with van der Waals surface area (Å²) in [6.07, 6.45) is 1.13. The smallest absolute Gasteiger partial charge is 0.328 e. The highest BCUT2D eigenvalue weighted by molar-refractivity contribution is 5.89. The average molecular weight is 178 g/mol. The minimum atomic E-state index is -0.967. The number of benzene rings is 1. The third kappa shape index (κ3) is 2.63. The lowest BCUT2D eigenvalue weighted by molar-refractivity contribution is -0.131. The molecular formula is C10H10O3. The summed E-state index contributed by atoms with van der Waals surface area (Å²) < 4.78 is 0. The van der Waals surface area contributed by atoms with E-state index in [0.717, 1.165) is 11.6 Å². The SMILES string of the molecule is CC(=CC(=O)O)c1ccc(O)cc1. The molecule has 0 bridgehead atoms. The number of hydrogen-bond donors (Lipinski definition) is 2. The summed E-state index contributed by atoms with van der Waals surface area (Å²) in [5, 5.41) is 17.5. The quantitative estimate of drug-likeness (QED) is 0.680. The van der Waals surface area contributed by atoms with Crippen LogP contribution in [-0.4, -0.2) is 16.2 Å². The molecule has 0 saturated carbocycles. The van der Waals surface area contributed by atoms with Crippen molar-refractivity contribution in [2.45, 2.75) is 6.92 Å². The van der Waals surface area contributed by atoms with E-state index in [2.05, 4.69) is 0 Å². The average Bonchev–Trinajstić information content (AvgIpc) is 2.04. The zero-order valence-electron chi connectivity index (χ0n) is 7.19. The van der Waals surface area contributed by atoms with Crippen LogP contribution in [0.5, 0.6) is 5.75 Å². The first kappa shape index (κ1) is 9.32. The second-order valence-electron chi connectivity index (χ2n) is 2.71. The third-order valence-corrected chi connectivity index (χ3v) is 1.66. The summed E-state index contributed by atoms with van der Waals surface area (Å²) in [7, 11) is 0. The highest BCUT2D eigenvalue weighted by Gasteiger charge is 1.97. The Hall–Kier alpha value is -1.77. The molecule has 68 valence electrons. The predicted molar refractivity (Wildman–Crippen MR) is 49.4 cm³/mol. The second-order valence-corrected chi connectivity index (χ2v) is 2.71. The highest BCUT2D eigenvalue weighted by atomic mass is 16.4. The van der Waals surface area contributed by atoms with Gasteiger partial charge in [0.15, 0.2) is 0 Å². The van der Waals surface area contributed by atoms with Gasteiger partial charge < -0.3 is 10.2 Å². The Kier molecular flexibility index (Phi) is 2.69. The Morgan fingerprint density at radius 2 is 1.85 bits per heavy atom. The lowest BCUT2D eigenvalue weighted by atomic mass is 10.1. The van der Waals surface area contributed by atoms with Crippen molar-refractivity contribution in [1.82, 2.24) is 0 Å². The van der Waals surface area contributed by atoms with E-state index in [9.17, 15) is 4.79 Å². The molecule has 0 radical (unpaired) electrons. The van der Waals surface area contributed by atoms with Gasteiger partial charge in [-0.3, -0.25) is 0 Å². The van der Waals surface area contributed by atoms with Crippen molar-refractivity contribution in [3.8, 4) is 5.75 Å². The zero-order valence-corrected chi connectivity index (χ0v) is 7.19. The molecule has 1 aromatic rings. The summed E-state index contributed by atoms with van der Waals surface area (Å²) >= 11 is 0. The minimum Gasteiger partial charge on any atom is -0.508 e. The van der Waals surface area contributed by atoms with Crippen LogP contribution in [0.1, 0.15) is 12.5 Å². The molecule has 0 saturated heterocycles. The Morgan fingerprint density at radius 3 is 2.31 bits per heavy atom. The van der Waals surface area contributed by atoms with Crippen molar-refractivity contribution < 1.29 is 15.0 Å². The summed E-state index contributed by atoms with van der Waals surface area (Å²) in [4.78, 5) is 10.3. The lowest BCUT2D eigenvalue weighted by Gasteiger charge is -1.99. The van der Waals surface area contributed by atoms with Gasteiger partial charge in [-0.15, -0.1) is 0 Å². The highest BCUT2D eigenvalue weighted by Crippen LogP contribution is 2.16. The Labute approximate surface area is 76.0 Å². The van der Waals surface area contributed by atoms with Crippen molar-refractivity contribution in [1.29, 1.82) is 0 Å². The second kappa shape index (κ2) is 3.76. The van der Waals surface area contributed by atoms with Crippen molar-refractivity contribution >= 4 is 11.5 Å². The molecular weight excluding hydrogens is 168 g/mol. The lowest BCUT2D eigenvalue weighted by Crippen LogP contribution is -1.89. The molecule has 0 aliphatic rings. The monoisotopic (exact) mass is 178 g/mol. The van der Waals surface area contributed by atoms with Crippen LogP contribution >= 0.6 is 0 Å². The fourth-order valence-corrected chi connectivity index (χ4v) is 0.993. The van der Waals surface area contributed by atoms with Gasteiger partial charge in [-0.25, -0.2) is 4.79 Å². The number of carboxylic acid groups (broad SMARTS) is 1. The van der Waals surface area contributed by atoms with Crippen molar-refractivity contribution in [3.63, 3.8) is 0 Å². The molecule has 0 fully saturated rings. The van der Waals surface area contributed by atoms with Crippen LogP contribution in [0.2, 0.25) is 0 Å². The van der Waals surface area contributed by atoms with Crippen LogP contribution in [0.3, 0.4) is 0 Å². The van der Waals surface area contributed by atoms with Crippen LogP contribution in [0.25, 0.3) is 5.57 Å². The van der Waals surface area contributed by atoms with Gasteiger partial charge in [0, 0.05) is 6.08 Å². The standard InChI is InChI=1S/C10H10O3/c1-7(6-10(12)13)8-2-4-9(11)5-3-8/h2-6,11H,1H3,(H,12,13). The fourth-order valence-electron chi connectivity index (χ4n) is 0.993. The number of hydrogen-bond acceptors (Lipinski definition) is 2. The van der Waals surface area contributed by atoms with Crippen molar-refractivity contribution in [2.75, 3.05) is 0 Å². The number of aromatic hydroxyl groups is 1. The molecule has 0 amide bonds.